The predicted octanol–water partition coefficient (Wildman–Crippen LogP) is 2.60. The Balaban J connectivity index is 1.52. The third kappa shape index (κ3) is 3.31. The van der Waals surface area contributed by atoms with Gasteiger partial charge in [-0.3, -0.25) is 9.10 Å². The molecule has 0 amide bonds. The van der Waals surface area contributed by atoms with E-state index in [-0.39, 0.29) is 18.1 Å². The number of hydrogen-bond donors (Lipinski definition) is 0. The Labute approximate surface area is 163 Å². The molecule has 2 heterocycles. The number of carbonyl (C=O) groups is 1. The van der Waals surface area contributed by atoms with Crippen molar-refractivity contribution in [3.05, 3.63) is 59.9 Å². The number of para-hydroxylation sites is 1. The number of benzene rings is 2. The van der Waals surface area contributed by atoms with Gasteiger partial charge in [-0.2, -0.15) is 0 Å². The summed E-state index contributed by atoms with van der Waals surface area (Å²) in [7, 11) is -3.30. The number of ether oxygens (including phenoxy) is 1. The van der Waals surface area contributed by atoms with Crippen molar-refractivity contribution in [1.82, 2.24) is 9.97 Å². The first kappa shape index (κ1) is 18.4. The fraction of sp³-hybridized carbons (Fsp3) is 0.250. The molecular formula is C20H19N3O4S. The minimum absolute atomic E-state index is 0.0495. The first-order valence-electron chi connectivity index (χ1n) is 8.98. The molecule has 0 unspecified atom stereocenters. The average molecular weight is 397 g/mol. The van der Waals surface area contributed by atoms with Crippen LogP contribution in [0.25, 0.3) is 10.9 Å². The number of rotatable bonds is 6. The SMILES string of the molecule is CCS(=O)(=O)N1CCc2cc(C(=O)COc3ncnc4ccccc34)ccc21. The van der Waals surface area contributed by atoms with E-state index in [4.69, 9.17) is 4.74 Å². The number of Topliss-reactive ketones (excluding diaryl/α,β-unsaturated/α-hetero) is 1. The Morgan fingerprint density at radius 1 is 1.18 bits per heavy atom. The lowest BCUT2D eigenvalue weighted by molar-refractivity contribution is 0.0919. The Kier molecular flexibility index (Phi) is 4.72. The summed E-state index contributed by atoms with van der Waals surface area (Å²) in [5.41, 5.74) is 2.75. The highest BCUT2D eigenvalue weighted by molar-refractivity contribution is 7.92. The molecule has 4 rings (SSSR count). The van der Waals surface area contributed by atoms with Gasteiger partial charge in [0.15, 0.2) is 12.4 Å². The maximum atomic E-state index is 12.6. The Morgan fingerprint density at radius 3 is 2.82 bits per heavy atom. The van der Waals surface area contributed by atoms with E-state index in [0.717, 1.165) is 16.5 Å². The molecule has 0 N–H and O–H groups in total. The lowest BCUT2D eigenvalue weighted by Gasteiger charge is -2.18. The van der Waals surface area contributed by atoms with Crippen molar-refractivity contribution in [3.8, 4) is 5.88 Å². The summed E-state index contributed by atoms with van der Waals surface area (Å²) in [4.78, 5) is 20.9. The van der Waals surface area contributed by atoms with Crippen molar-refractivity contribution in [3.63, 3.8) is 0 Å². The molecule has 144 valence electrons. The summed E-state index contributed by atoms with van der Waals surface area (Å²) >= 11 is 0. The van der Waals surface area contributed by atoms with Gasteiger partial charge in [0.1, 0.15) is 6.33 Å². The second-order valence-corrected chi connectivity index (χ2v) is 8.66. The lowest BCUT2D eigenvalue weighted by Crippen LogP contribution is -2.30. The third-order valence-electron chi connectivity index (χ3n) is 4.80. The van der Waals surface area contributed by atoms with Gasteiger partial charge < -0.3 is 4.74 Å². The Hall–Kier alpha value is -3.00. The number of anilines is 1. The van der Waals surface area contributed by atoms with E-state index in [9.17, 15) is 13.2 Å². The van der Waals surface area contributed by atoms with Crippen LogP contribution in [0.3, 0.4) is 0 Å². The highest BCUT2D eigenvalue weighted by Crippen LogP contribution is 2.31. The summed E-state index contributed by atoms with van der Waals surface area (Å²) in [5, 5.41) is 0.743. The van der Waals surface area contributed by atoms with Crippen molar-refractivity contribution in [2.24, 2.45) is 0 Å². The second kappa shape index (κ2) is 7.20. The molecule has 0 atom stereocenters. The molecule has 0 saturated heterocycles. The summed E-state index contributed by atoms with van der Waals surface area (Å²) < 4.78 is 31.4. The maximum Gasteiger partial charge on any atom is 0.234 e. The molecule has 0 saturated carbocycles. The summed E-state index contributed by atoms with van der Waals surface area (Å²) in [6, 6.07) is 12.5. The van der Waals surface area contributed by atoms with Crippen LogP contribution in [0.5, 0.6) is 5.88 Å². The zero-order chi connectivity index (χ0) is 19.7. The minimum atomic E-state index is -3.30. The Bertz CT molecular complexity index is 1160. The van der Waals surface area contributed by atoms with Crippen LogP contribution >= 0.6 is 0 Å². The molecule has 0 spiro atoms. The fourth-order valence-electron chi connectivity index (χ4n) is 3.30. The molecule has 0 bridgehead atoms. The van der Waals surface area contributed by atoms with Gasteiger partial charge in [0.05, 0.1) is 22.3 Å². The van der Waals surface area contributed by atoms with Crippen molar-refractivity contribution < 1.29 is 17.9 Å². The third-order valence-corrected chi connectivity index (χ3v) is 6.58. The van der Waals surface area contributed by atoms with Gasteiger partial charge in [-0.25, -0.2) is 18.4 Å². The topological polar surface area (TPSA) is 89.5 Å². The molecule has 0 radical (unpaired) electrons. The molecule has 0 aliphatic carbocycles. The van der Waals surface area contributed by atoms with Crippen LogP contribution < -0.4 is 9.04 Å². The number of carbonyl (C=O) groups excluding carboxylic acids is 1. The molecule has 7 nitrogen and oxygen atoms in total. The van der Waals surface area contributed by atoms with Crippen LogP contribution in [0.15, 0.2) is 48.8 Å². The Morgan fingerprint density at radius 2 is 2.00 bits per heavy atom. The van der Waals surface area contributed by atoms with Gasteiger partial charge in [0.25, 0.3) is 0 Å². The molecule has 1 aliphatic rings. The summed E-state index contributed by atoms with van der Waals surface area (Å²) in [6.07, 6.45) is 1.99. The monoisotopic (exact) mass is 397 g/mol. The summed E-state index contributed by atoms with van der Waals surface area (Å²) in [6.45, 7) is 1.88. The molecule has 0 fully saturated rings. The van der Waals surface area contributed by atoms with E-state index >= 15 is 0 Å². The van der Waals surface area contributed by atoms with Gasteiger partial charge in [0, 0.05) is 12.1 Å². The normalized spacial score (nSPS) is 13.5. The first-order chi connectivity index (χ1) is 13.5. The van der Waals surface area contributed by atoms with Crippen molar-refractivity contribution >= 4 is 32.4 Å². The largest absolute Gasteiger partial charge is 0.469 e. The van der Waals surface area contributed by atoms with Crippen molar-refractivity contribution in [2.45, 2.75) is 13.3 Å². The smallest absolute Gasteiger partial charge is 0.234 e. The molecule has 2 aromatic carbocycles. The van der Waals surface area contributed by atoms with E-state index in [1.807, 2.05) is 24.3 Å². The number of fused-ring (bicyclic) bond motifs is 2. The number of nitrogens with zero attached hydrogens (tertiary/aromatic N) is 3. The van der Waals surface area contributed by atoms with Crippen molar-refractivity contribution in [1.29, 1.82) is 0 Å². The fourth-order valence-corrected chi connectivity index (χ4v) is 4.46. The maximum absolute atomic E-state index is 12.6. The van der Waals surface area contributed by atoms with Crippen LogP contribution in [-0.4, -0.2) is 43.1 Å². The van der Waals surface area contributed by atoms with Crippen LogP contribution in [0.4, 0.5) is 5.69 Å². The highest BCUT2D eigenvalue weighted by Gasteiger charge is 2.28. The average Bonchev–Trinajstić information content (AvgIpc) is 3.16. The zero-order valence-electron chi connectivity index (χ0n) is 15.3. The van der Waals surface area contributed by atoms with Gasteiger partial charge >= 0.3 is 0 Å². The zero-order valence-corrected chi connectivity index (χ0v) is 16.1. The standard InChI is InChI=1S/C20H19N3O4S/c1-2-28(25,26)23-10-9-14-11-15(7-8-18(14)23)19(24)12-27-20-16-5-3-4-6-17(16)21-13-22-20/h3-8,11,13H,2,9-10,12H2,1H3. The van der Waals surface area contributed by atoms with E-state index in [2.05, 4.69) is 9.97 Å². The molecule has 3 aromatic rings. The molecule has 8 heteroatoms. The highest BCUT2D eigenvalue weighted by atomic mass is 32.2. The first-order valence-corrected chi connectivity index (χ1v) is 10.6. The molecule has 1 aromatic heterocycles. The molecule has 1 aliphatic heterocycles. The summed E-state index contributed by atoms with van der Waals surface area (Å²) in [5.74, 6) is 0.219. The van der Waals surface area contributed by atoms with Crippen LogP contribution in [-0.2, 0) is 16.4 Å². The van der Waals surface area contributed by atoms with Gasteiger partial charge in [0.2, 0.25) is 15.9 Å². The second-order valence-electron chi connectivity index (χ2n) is 6.47. The minimum Gasteiger partial charge on any atom is -0.469 e. The quantitative estimate of drug-likeness (QED) is 0.594. The van der Waals surface area contributed by atoms with Gasteiger partial charge in [-0.1, -0.05) is 12.1 Å². The van der Waals surface area contributed by atoms with E-state index < -0.39 is 10.0 Å². The van der Waals surface area contributed by atoms with E-state index in [1.54, 1.807) is 25.1 Å². The van der Waals surface area contributed by atoms with Gasteiger partial charge in [-0.05, 0) is 49.2 Å². The molecular weight excluding hydrogens is 378 g/mol. The number of ketones is 1. The number of sulfonamides is 1. The number of hydrogen-bond acceptors (Lipinski definition) is 6. The van der Waals surface area contributed by atoms with E-state index in [0.29, 0.717) is 30.1 Å². The van der Waals surface area contributed by atoms with Crippen molar-refractivity contribution in [2.75, 3.05) is 23.2 Å². The van der Waals surface area contributed by atoms with Gasteiger partial charge in [-0.15, -0.1) is 0 Å². The molecule has 28 heavy (non-hydrogen) atoms. The van der Waals surface area contributed by atoms with Crippen LogP contribution in [0, 0.1) is 0 Å². The lowest BCUT2D eigenvalue weighted by atomic mass is 10.1. The van der Waals surface area contributed by atoms with Crippen LogP contribution in [0.1, 0.15) is 22.8 Å². The predicted molar refractivity (Wildman–Crippen MR) is 106 cm³/mol. The number of aromatic nitrogens is 2. The van der Waals surface area contributed by atoms with Crippen LogP contribution in [0.2, 0.25) is 0 Å². The van der Waals surface area contributed by atoms with E-state index in [1.165, 1.54) is 10.6 Å².